The van der Waals surface area contributed by atoms with Crippen LogP contribution in [0.4, 0.5) is 4.39 Å². The highest BCUT2D eigenvalue weighted by atomic mass is 79.9. The lowest BCUT2D eigenvalue weighted by Crippen LogP contribution is -1.90. The van der Waals surface area contributed by atoms with E-state index in [0.29, 0.717) is 27.8 Å². The van der Waals surface area contributed by atoms with Crippen molar-refractivity contribution in [1.82, 2.24) is 0 Å². The molecule has 3 nitrogen and oxygen atoms in total. The molecule has 0 aliphatic heterocycles. The van der Waals surface area contributed by atoms with Crippen LogP contribution in [0.3, 0.4) is 0 Å². The maximum atomic E-state index is 13.2. The summed E-state index contributed by atoms with van der Waals surface area (Å²) in [6, 6.07) is 5.73. The quantitative estimate of drug-likeness (QED) is 0.812. The van der Waals surface area contributed by atoms with Gasteiger partial charge in [0.25, 0.3) is 0 Å². The van der Waals surface area contributed by atoms with Gasteiger partial charge in [-0.15, -0.1) is 0 Å². The first-order valence-electron chi connectivity index (χ1n) is 4.74. The van der Waals surface area contributed by atoms with Crippen molar-refractivity contribution in [1.29, 1.82) is 0 Å². The maximum absolute atomic E-state index is 13.2. The highest BCUT2D eigenvalue weighted by Crippen LogP contribution is 2.38. The number of benzene rings is 1. The van der Waals surface area contributed by atoms with Crippen LogP contribution < -0.4 is 4.74 Å². The minimum Gasteiger partial charge on any atom is -0.496 e. The number of aldehydes is 1. The topological polar surface area (TPSA) is 39.4 Å². The van der Waals surface area contributed by atoms with Gasteiger partial charge >= 0.3 is 0 Å². The Kier molecular flexibility index (Phi) is 3.28. The summed E-state index contributed by atoms with van der Waals surface area (Å²) in [5.41, 5.74) is 0.571. The van der Waals surface area contributed by atoms with E-state index in [1.54, 1.807) is 6.07 Å². The van der Waals surface area contributed by atoms with Crippen LogP contribution in [0.2, 0.25) is 0 Å². The van der Waals surface area contributed by atoms with Crippen LogP contribution in [-0.2, 0) is 0 Å². The van der Waals surface area contributed by atoms with Gasteiger partial charge in [0.2, 0.25) is 0 Å². The average molecular weight is 299 g/mol. The summed E-state index contributed by atoms with van der Waals surface area (Å²) < 4.78 is 24.1. The lowest BCUT2D eigenvalue weighted by molar-refractivity contribution is 0.110. The highest BCUT2D eigenvalue weighted by molar-refractivity contribution is 9.10. The molecule has 0 radical (unpaired) electrons. The number of halogens is 2. The van der Waals surface area contributed by atoms with Gasteiger partial charge in [0.1, 0.15) is 17.3 Å². The summed E-state index contributed by atoms with van der Waals surface area (Å²) in [7, 11) is 1.44. The number of ether oxygens (including phenoxy) is 1. The van der Waals surface area contributed by atoms with Crippen LogP contribution in [0.5, 0.6) is 5.75 Å². The molecule has 1 heterocycles. The molecular formula is C12H8BrFO3. The summed E-state index contributed by atoms with van der Waals surface area (Å²) in [5.74, 6) is 0.567. The van der Waals surface area contributed by atoms with Crippen molar-refractivity contribution in [3.8, 4) is 17.1 Å². The fraction of sp³-hybridized carbons (Fsp3) is 0.0833. The van der Waals surface area contributed by atoms with Crippen molar-refractivity contribution in [2.24, 2.45) is 0 Å². The lowest BCUT2D eigenvalue weighted by atomic mass is 10.1. The standard InChI is InChI=1S/C12H8BrFO3/c1-16-11-5-7(14)4-9(13)12(11)10-3-2-8(6-15)17-10/h2-6H,1H3. The molecule has 17 heavy (non-hydrogen) atoms. The summed E-state index contributed by atoms with van der Waals surface area (Å²) in [6.45, 7) is 0. The van der Waals surface area contributed by atoms with Gasteiger partial charge in [-0.05, 0) is 34.1 Å². The second-order valence-electron chi connectivity index (χ2n) is 3.28. The van der Waals surface area contributed by atoms with Crippen molar-refractivity contribution >= 4 is 22.2 Å². The van der Waals surface area contributed by atoms with Gasteiger partial charge in [0.15, 0.2) is 12.0 Å². The zero-order valence-corrected chi connectivity index (χ0v) is 10.5. The largest absolute Gasteiger partial charge is 0.496 e. The summed E-state index contributed by atoms with van der Waals surface area (Å²) >= 11 is 3.24. The van der Waals surface area contributed by atoms with Gasteiger partial charge in [0, 0.05) is 10.5 Å². The minimum absolute atomic E-state index is 0.207. The molecule has 0 fully saturated rings. The highest BCUT2D eigenvalue weighted by Gasteiger charge is 2.15. The molecule has 1 aromatic heterocycles. The number of carbonyl (C=O) groups excluding carboxylic acids is 1. The van der Waals surface area contributed by atoms with Crippen molar-refractivity contribution in [2.75, 3.05) is 7.11 Å². The fourth-order valence-electron chi connectivity index (χ4n) is 1.50. The van der Waals surface area contributed by atoms with Gasteiger partial charge in [-0.3, -0.25) is 4.79 Å². The third-order valence-corrected chi connectivity index (χ3v) is 2.85. The van der Waals surface area contributed by atoms with Crippen molar-refractivity contribution in [3.63, 3.8) is 0 Å². The van der Waals surface area contributed by atoms with Crippen LogP contribution in [-0.4, -0.2) is 13.4 Å². The normalized spacial score (nSPS) is 10.3. The van der Waals surface area contributed by atoms with E-state index in [9.17, 15) is 9.18 Å². The Morgan fingerprint density at radius 1 is 1.41 bits per heavy atom. The van der Waals surface area contributed by atoms with Gasteiger partial charge in [0.05, 0.1) is 12.7 Å². The van der Waals surface area contributed by atoms with Gasteiger partial charge in [-0.1, -0.05) is 0 Å². The van der Waals surface area contributed by atoms with E-state index < -0.39 is 5.82 Å². The van der Waals surface area contributed by atoms with Gasteiger partial charge < -0.3 is 9.15 Å². The molecular weight excluding hydrogens is 291 g/mol. The Morgan fingerprint density at radius 2 is 2.18 bits per heavy atom. The zero-order chi connectivity index (χ0) is 12.4. The summed E-state index contributed by atoms with van der Waals surface area (Å²) in [4.78, 5) is 10.5. The van der Waals surface area contributed by atoms with E-state index in [2.05, 4.69) is 15.9 Å². The zero-order valence-electron chi connectivity index (χ0n) is 8.87. The average Bonchev–Trinajstić information content (AvgIpc) is 2.76. The van der Waals surface area contributed by atoms with E-state index in [0.717, 1.165) is 0 Å². The summed E-state index contributed by atoms with van der Waals surface area (Å²) in [5, 5.41) is 0. The predicted octanol–water partition coefficient (Wildman–Crippen LogP) is 3.67. The Bertz CT molecular complexity index is 563. The van der Waals surface area contributed by atoms with Gasteiger partial charge in [-0.25, -0.2) is 4.39 Å². The Balaban J connectivity index is 2.61. The first-order chi connectivity index (χ1) is 8.15. The smallest absolute Gasteiger partial charge is 0.185 e. The molecule has 0 N–H and O–H groups in total. The van der Waals surface area contributed by atoms with Crippen molar-refractivity contribution in [2.45, 2.75) is 0 Å². The van der Waals surface area contributed by atoms with Crippen LogP contribution >= 0.6 is 15.9 Å². The molecule has 5 heteroatoms. The SMILES string of the molecule is COc1cc(F)cc(Br)c1-c1ccc(C=O)o1. The van der Waals surface area contributed by atoms with Crippen LogP contribution in [0.15, 0.2) is 33.2 Å². The van der Waals surface area contributed by atoms with Crippen molar-refractivity contribution in [3.05, 3.63) is 40.3 Å². The molecule has 0 atom stereocenters. The number of rotatable bonds is 3. The Hall–Kier alpha value is -1.62. The summed E-state index contributed by atoms with van der Waals surface area (Å²) in [6.07, 6.45) is 0.605. The third-order valence-electron chi connectivity index (χ3n) is 2.23. The number of hydrogen-bond acceptors (Lipinski definition) is 3. The Labute approximate surface area is 105 Å². The van der Waals surface area contributed by atoms with E-state index in [1.807, 2.05) is 0 Å². The monoisotopic (exact) mass is 298 g/mol. The second-order valence-corrected chi connectivity index (χ2v) is 4.14. The minimum atomic E-state index is -0.417. The molecule has 0 saturated heterocycles. The van der Waals surface area contributed by atoms with E-state index >= 15 is 0 Å². The van der Waals surface area contributed by atoms with E-state index in [4.69, 9.17) is 9.15 Å². The van der Waals surface area contributed by atoms with Crippen LogP contribution in [0.1, 0.15) is 10.6 Å². The van der Waals surface area contributed by atoms with Gasteiger partial charge in [-0.2, -0.15) is 0 Å². The van der Waals surface area contributed by atoms with Crippen LogP contribution in [0, 0.1) is 5.82 Å². The molecule has 0 amide bonds. The first kappa shape index (κ1) is 11.9. The molecule has 0 aliphatic rings. The molecule has 1 aromatic carbocycles. The Morgan fingerprint density at radius 3 is 2.76 bits per heavy atom. The maximum Gasteiger partial charge on any atom is 0.185 e. The number of furan rings is 1. The first-order valence-corrected chi connectivity index (χ1v) is 5.53. The van der Waals surface area contributed by atoms with Crippen molar-refractivity contribution < 1.29 is 18.3 Å². The molecule has 0 unspecified atom stereocenters. The molecule has 2 aromatic rings. The molecule has 0 spiro atoms. The molecule has 0 saturated carbocycles. The molecule has 0 bridgehead atoms. The fourth-order valence-corrected chi connectivity index (χ4v) is 2.11. The molecule has 88 valence electrons. The van der Waals surface area contributed by atoms with Crippen LogP contribution in [0.25, 0.3) is 11.3 Å². The molecule has 0 aliphatic carbocycles. The second kappa shape index (κ2) is 4.71. The molecule has 2 rings (SSSR count). The number of hydrogen-bond donors (Lipinski definition) is 0. The number of methoxy groups -OCH3 is 1. The van der Waals surface area contributed by atoms with E-state index in [-0.39, 0.29) is 5.76 Å². The predicted molar refractivity (Wildman–Crippen MR) is 63.7 cm³/mol. The van der Waals surface area contributed by atoms with E-state index in [1.165, 1.54) is 25.3 Å². The lowest BCUT2D eigenvalue weighted by Gasteiger charge is -2.08. The third kappa shape index (κ3) is 2.24. The number of carbonyl (C=O) groups is 1.